The topological polar surface area (TPSA) is 58.5 Å². The van der Waals surface area contributed by atoms with Gasteiger partial charge in [-0.25, -0.2) is 4.98 Å². The number of ether oxygens (including phenoxy) is 1. The third-order valence-electron chi connectivity index (χ3n) is 5.15. The van der Waals surface area contributed by atoms with Crippen molar-refractivity contribution in [3.8, 4) is 0 Å². The van der Waals surface area contributed by atoms with Crippen LogP contribution in [0.1, 0.15) is 33.9 Å². The van der Waals surface area contributed by atoms with Gasteiger partial charge in [-0.1, -0.05) is 18.2 Å². The Morgan fingerprint density at radius 3 is 2.60 bits per heavy atom. The molecule has 0 amide bonds. The van der Waals surface area contributed by atoms with E-state index in [1.165, 1.54) is 12.1 Å². The molecular formula is C20H26F3IN4OS. The van der Waals surface area contributed by atoms with E-state index in [9.17, 15) is 13.2 Å². The van der Waals surface area contributed by atoms with Crippen molar-refractivity contribution in [2.75, 3.05) is 26.8 Å². The Morgan fingerprint density at radius 1 is 1.27 bits per heavy atom. The Hall–Kier alpha value is -1.40. The van der Waals surface area contributed by atoms with Gasteiger partial charge in [-0.05, 0) is 31.4 Å². The zero-order valence-corrected chi connectivity index (χ0v) is 20.0. The Kier molecular flexibility index (Phi) is 8.92. The lowest BCUT2D eigenvalue weighted by Gasteiger charge is -2.38. The molecule has 1 aliphatic rings. The zero-order valence-electron chi connectivity index (χ0n) is 16.9. The van der Waals surface area contributed by atoms with E-state index in [1.54, 1.807) is 24.5 Å². The first-order chi connectivity index (χ1) is 13.8. The number of rotatable bonds is 5. The number of nitrogens with one attached hydrogen (secondary N) is 2. The van der Waals surface area contributed by atoms with Gasteiger partial charge in [-0.3, -0.25) is 4.99 Å². The molecule has 30 heavy (non-hydrogen) atoms. The molecule has 1 saturated heterocycles. The second-order valence-electron chi connectivity index (χ2n) is 7.12. The fraction of sp³-hybridized carbons (Fsp3) is 0.500. The molecule has 2 aromatic rings. The first-order valence-electron chi connectivity index (χ1n) is 9.44. The highest BCUT2D eigenvalue weighted by atomic mass is 127. The molecule has 5 nitrogen and oxygen atoms in total. The first kappa shape index (κ1) is 24.9. The summed E-state index contributed by atoms with van der Waals surface area (Å²) in [5.41, 5.74) is -0.397. The summed E-state index contributed by atoms with van der Waals surface area (Å²) < 4.78 is 45.1. The molecule has 3 rings (SSSR count). The molecule has 0 atom stereocenters. The molecule has 0 radical (unpaired) electrons. The van der Waals surface area contributed by atoms with Crippen LogP contribution in [0.5, 0.6) is 0 Å². The minimum absolute atomic E-state index is 0. The number of aryl methyl sites for hydroxylation is 1. The van der Waals surface area contributed by atoms with Gasteiger partial charge in [0.25, 0.3) is 0 Å². The fourth-order valence-electron chi connectivity index (χ4n) is 3.47. The lowest BCUT2D eigenvalue weighted by atomic mass is 9.73. The molecule has 0 aliphatic carbocycles. The third kappa shape index (κ3) is 6.30. The monoisotopic (exact) mass is 554 g/mol. The van der Waals surface area contributed by atoms with Gasteiger partial charge in [0.15, 0.2) is 5.96 Å². The molecule has 2 N–H and O–H groups in total. The maximum Gasteiger partial charge on any atom is 0.416 e. The molecule has 2 heterocycles. The summed E-state index contributed by atoms with van der Waals surface area (Å²) in [5.74, 6) is 0.593. The number of hydrogen-bond acceptors (Lipinski definition) is 4. The van der Waals surface area contributed by atoms with E-state index in [0.29, 0.717) is 50.7 Å². The van der Waals surface area contributed by atoms with Gasteiger partial charge in [0.2, 0.25) is 0 Å². The smallest absolute Gasteiger partial charge is 0.381 e. The van der Waals surface area contributed by atoms with E-state index >= 15 is 0 Å². The van der Waals surface area contributed by atoms with Crippen LogP contribution in [0.25, 0.3) is 0 Å². The summed E-state index contributed by atoms with van der Waals surface area (Å²) in [7, 11) is 1.67. The van der Waals surface area contributed by atoms with Crippen LogP contribution < -0.4 is 10.6 Å². The summed E-state index contributed by atoms with van der Waals surface area (Å²) in [4.78, 5) is 9.69. The van der Waals surface area contributed by atoms with Crippen LogP contribution in [0.3, 0.4) is 0 Å². The van der Waals surface area contributed by atoms with Crippen LogP contribution in [0.15, 0.2) is 35.5 Å². The third-order valence-corrected chi connectivity index (χ3v) is 6.06. The van der Waals surface area contributed by atoms with Crippen molar-refractivity contribution in [1.82, 2.24) is 15.6 Å². The molecule has 166 valence electrons. The maximum absolute atomic E-state index is 13.2. The van der Waals surface area contributed by atoms with Gasteiger partial charge >= 0.3 is 6.18 Å². The van der Waals surface area contributed by atoms with E-state index in [-0.39, 0.29) is 24.0 Å². The average molecular weight is 554 g/mol. The Bertz CT molecular complexity index is 851. The molecule has 1 fully saturated rings. The molecule has 0 bridgehead atoms. The Labute approximate surface area is 195 Å². The number of alkyl halides is 3. The Balaban J connectivity index is 0.00000320. The van der Waals surface area contributed by atoms with Crippen molar-refractivity contribution in [3.63, 3.8) is 0 Å². The number of benzene rings is 1. The van der Waals surface area contributed by atoms with Crippen molar-refractivity contribution < 1.29 is 17.9 Å². The summed E-state index contributed by atoms with van der Waals surface area (Å²) in [6, 6.07) is 5.63. The van der Waals surface area contributed by atoms with Gasteiger partial charge in [0.1, 0.15) is 5.01 Å². The van der Waals surface area contributed by atoms with Gasteiger partial charge in [-0.2, -0.15) is 13.2 Å². The molecule has 1 aliphatic heterocycles. The highest BCUT2D eigenvalue weighted by Gasteiger charge is 2.37. The minimum atomic E-state index is -4.36. The highest BCUT2D eigenvalue weighted by molar-refractivity contribution is 14.0. The van der Waals surface area contributed by atoms with E-state index in [1.807, 2.05) is 13.1 Å². The average Bonchev–Trinajstić information content (AvgIpc) is 3.13. The van der Waals surface area contributed by atoms with E-state index < -0.39 is 17.2 Å². The van der Waals surface area contributed by atoms with Crippen LogP contribution in [0.4, 0.5) is 13.2 Å². The molecule has 10 heteroatoms. The fourth-order valence-corrected chi connectivity index (χ4v) is 4.20. The zero-order chi connectivity index (χ0) is 20.9. The van der Waals surface area contributed by atoms with E-state index in [2.05, 4.69) is 20.6 Å². The van der Waals surface area contributed by atoms with E-state index in [0.717, 1.165) is 16.0 Å². The largest absolute Gasteiger partial charge is 0.416 e. The summed E-state index contributed by atoms with van der Waals surface area (Å²) >= 11 is 1.61. The molecule has 0 unspecified atom stereocenters. The number of hydrogen-bond donors (Lipinski definition) is 2. The molecule has 1 aromatic carbocycles. The second-order valence-corrected chi connectivity index (χ2v) is 8.43. The van der Waals surface area contributed by atoms with Gasteiger partial charge < -0.3 is 15.4 Å². The van der Waals surface area contributed by atoms with Crippen molar-refractivity contribution in [1.29, 1.82) is 0 Å². The van der Waals surface area contributed by atoms with Gasteiger partial charge in [0, 0.05) is 43.3 Å². The van der Waals surface area contributed by atoms with Crippen molar-refractivity contribution in [2.24, 2.45) is 4.99 Å². The Morgan fingerprint density at radius 2 is 2.00 bits per heavy atom. The van der Waals surface area contributed by atoms with Crippen LogP contribution in [-0.4, -0.2) is 37.7 Å². The number of nitrogens with zero attached hydrogens (tertiary/aromatic N) is 2. The number of thiazole rings is 1. The highest BCUT2D eigenvalue weighted by Crippen LogP contribution is 2.37. The van der Waals surface area contributed by atoms with Crippen molar-refractivity contribution >= 4 is 41.3 Å². The van der Waals surface area contributed by atoms with Gasteiger partial charge in [-0.15, -0.1) is 35.3 Å². The lowest BCUT2D eigenvalue weighted by Crippen LogP contribution is -2.48. The van der Waals surface area contributed by atoms with Crippen LogP contribution in [0, 0.1) is 6.92 Å². The number of guanidine groups is 1. The van der Waals surface area contributed by atoms with Crippen LogP contribution in [0.2, 0.25) is 0 Å². The molecule has 1 aromatic heterocycles. The predicted molar refractivity (Wildman–Crippen MR) is 124 cm³/mol. The quantitative estimate of drug-likeness (QED) is 0.325. The minimum Gasteiger partial charge on any atom is -0.381 e. The predicted octanol–water partition coefficient (Wildman–Crippen LogP) is 4.50. The standard InChI is InChI=1S/C20H25F3N4OS.HI/c1-14-11-25-17(29-14)12-26-18(24-2)27-13-19(6-8-28-9-7-19)15-4-3-5-16(10-15)20(21,22)23;/h3-5,10-11H,6-9,12-13H2,1-2H3,(H2,24,26,27);1H. The second kappa shape index (κ2) is 10.8. The van der Waals surface area contributed by atoms with E-state index in [4.69, 9.17) is 4.74 Å². The number of aromatic nitrogens is 1. The number of aliphatic imine (C=N–C) groups is 1. The van der Waals surface area contributed by atoms with Gasteiger partial charge in [0.05, 0.1) is 12.1 Å². The van der Waals surface area contributed by atoms with Crippen LogP contribution in [-0.2, 0) is 22.9 Å². The molecular weight excluding hydrogens is 528 g/mol. The summed E-state index contributed by atoms with van der Waals surface area (Å²) in [6.07, 6.45) is -1.25. The molecule has 0 spiro atoms. The SMILES string of the molecule is CN=C(NCc1ncc(C)s1)NCC1(c2cccc(C(F)(F)F)c2)CCOCC1.I. The van der Waals surface area contributed by atoms with Crippen molar-refractivity contribution in [3.05, 3.63) is 51.5 Å². The normalized spacial score (nSPS) is 16.6. The lowest BCUT2D eigenvalue weighted by molar-refractivity contribution is -0.137. The molecule has 0 saturated carbocycles. The summed E-state index contributed by atoms with van der Waals surface area (Å²) in [6.45, 7) is 4.04. The van der Waals surface area contributed by atoms with Crippen LogP contribution >= 0.6 is 35.3 Å². The maximum atomic E-state index is 13.2. The number of halogens is 4. The van der Waals surface area contributed by atoms with Crippen molar-refractivity contribution in [2.45, 2.75) is 37.9 Å². The first-order valence-corrected chi connectivity index (χ1v) is 10.3. The summed E-state index contributed by atoms with van der Waals surface area (Å²) in [5, 5.41) is 7.46.